The van der Waals surface area contributed by atoms with E-state index in [1.807, 2.05) is 0 Å². The number of nitro groups is 1. The van der Waals surface area contributed by atoms with Crippen LogP contribution in [0.25, 0.3) is 11.1 Å². The van der Waals surface area contributed by atoms with Gasteiger partial charge in [-0.25, -0.2) is 4.98 Å². The van der Waals surface area contributed by atoms with Crippen LogP contribution in [0.4, 0.5) is 5.69 Å². The lowest BCUT2D eigenvalue weighted by molar-refractivity contribution is -0.383. The molecule has 1 heterocycles. The first-order chi connectivity index (χ1) is 6.72. The molecule has 0 aliphatic heterocycles. The van der Waals surface area contributed by atoms with Crippen molar-refractivity contribution in [3.63, 3.8) is 0 Å². The van der Waals surface area contributed by atoms with Crippen LogP contribution in [0.15, 0.2) is 27.8 Å². The van der Waals surface area contributed by atoms with Gasteiger partial charge in [0.05, 0.1) is 4.92 Å². The first-order valence-corrected chi connectivity index (χ1v) is 5.03. The summed E-state index contributed by atoms with van der Waals surface area (Å²) >= 11 is 1.31. The molecule has 0 bridgehead atoms. The third-order valence-electron chi connectivity index (χ3n) is 1.75. The van der Waals surface area contributed by atoms with E-state index in [4.69, 9.17) is 4.42 Å². The molecule has 2 aromatic rings. The van der Waals surface area contributed by atoms with E-state index in [1.165, 1.54) is 17.8 Å². The Kier molecular flexibility index (Phi) is 2.12. The van der Waals surface area contributed by atoms with Crippen LogP contribution in [-0.4, -0.2) is 16.2 Å². The van der Waals surface area contributed by atoms with Gasteiger partial charge in [-0.3, -0.25) is 10.1 Å². The predicted molar refractivity (Wildman–Crippen MR) is 52.4 cm³/mol. The van der Waals surface area contributed by atoms with Crippen molar-refractivity contribution in [2.45, 2.75) is 5.22 Å². The van der Waals surface area contributed by atoms with Crippen molar-refractivity contribution in [2.75, 3.05) is 6.26 Å². The van der Waals surface area contributed by atoms with E-state index < -0.39 is 4.92 Å². The maximum atomic E-state index is 10.6. The van der Waals surface area contributed by atoms with Crippen LogP contribution in [0.2, 0.25) is 0 Å². The molecule has 0 fully saturated rings. The summed E-state index contributed by atoms with van der Waals surface area (Å²) in [6.45, 7) is 0. The Morgan fingerprint density at radius 2 is 2.36 bits per heavy atom. The minimum atomic E-state index is -0.475. The number of hydrogen-bond acceptors (Lipinski definition) is 5. The molecule has 6 heteroatoms. The summed E-state index contributed by atoms with van der Waals surface area (Å²) in [6, 6.07) is 4.68. The summed E-state index contributed by atoms with van der Waals surface area (Å²) in [5, 5.41) is 11.1. The number of thioether (sulfide) groups is 1. The fourth-order valence-corrected chi connectivity index (χ4v) is 1.50. The highest BCUT2D eigenvalue weighted by Gasteiger charge is 2.16. The molecular weight excluding hydrogens is 204 g/mol. The van der Waals surface area contributed by atoms with Gasteiger partial charge in [-0.1, -0.05) is 17.8 Å². The van der Waals surface area contributed by atoms with Gasteiger partial charge in [0.2, 0.25) is 5.58 Å². The Morgan fingerprint density at radius 1 is 1.57 bits per heavy atom. The number of nitro benzene ring substituents is 1. The highest BCUT2D eigenvalue weighted by molar-refractivity contribution is 7.98. The third kappa shape index (κ3) is 1.33. The lowest BCUT2D eigenvalue weighted by Crippen LogP contribution is -1.87. The summed E-state index contributed by atoms with van der Waals surface area (Å²) < 4.78 is 5.22. The van der Waals surface area contributed by atoms with E-state index in [0.29, 0.717) is 10.7 Å². The molecule has 0 unspecified atom stereocenters. The van der Waals surface area contributed by atoms with Gasteiger partial charge >= 0.3 is 5.69 Å². The fraction of sp³-hybridized carbons (Fsp3) is 0.125. The number of benzene rings is 1. The van der Waals surface area contributed by atoms with Gasteiger partial charge < -0.3 is 4.42 Å². The molecule has 0 aliphatic carbocycles. The predicted octanol–water partition coefficient (Wildman–Crippen LogP) is 2.46. The molecule has 0 radical (unpaired) electrons. The van der Waals surface area contributed by atoms with Crippen LogP contribution in [0, 0.1) is 10.1 Å². The van der Waals surface area contributed by atoms with Crippen LogP contribution in [0.3, 0.4) is 0 Å². The molecule has 14 heavy (non-hydrogen) atoms. The van der Waals surface area contributed by atoms with Gasteiger partial charge in [0, 0.05) is 6.07 Å². The van der Waals surface area contributed by atoms with Crippen molar-refractivity contribution in [2.24, 2.45) is 0 Å². The largest absolute Gasteiger partial charge is 0.424 e. The normalized spacial score (nSPS) is 10.6. The quantitative estimate of drug-likeness (QED) is 0.432. The topological polar surface area (TPSA) is 69.2 Å². The molecule has 0 saturated heterocycles. The second kappa shape index (κ2) is 3.30. The van der Waals surface area contributed by atoms with E-state index in [0.717, 1.165) is 0 Å². The molecular formula is C8H6N2O3S. The number of hydrogen-bond donors (Lipinski definition) is 0. The number of nitrogens with zero attached hydrogens (tertiary/aromatic N) is 2. The van der Waals surface area contributed by atoms with Crippen molar-refractivity contribution >= 4 is 28.5 Å². The van der Waals surface area contributed by atoms with E-state index in [9.17, 15) is 10.1 Å². The summed E-state index contributed by atoms with van der Waals surface area (Å²) in [5.41, 5.74) is 0.709. The zero-order chi connectivity index (χ0) is 10.1. The molecule has 0 saturated carbocycles. The second-order valence-electron chi connectivity index (χ2n) is 2.57. The third-order valence-corrected chi connectivity index (χ3v) is 2.27. The molecule has 72 valence electrons. The first-order valence-electron chi connectivity index (χ1n) is 3.80. The minimum absolute atomic E-state index is 0.0460. The number of aromatic nitrogens is 1. The molecule has 1 aromatic carbocycles. The van der Waals surface area contributed by atoms with Crippen LogP contribution < -0.4 is 0 Å². The number of fused-ring (bicyclic) bond motifs is 1. The van der Waals surface area contributed by atoms with E-state index >= 15 is 0 Å². The maximum absolute atomic E-state index is 10.6. The fourth-order valence-electron chi connectivity index (χ4n) is 1.15. The van der Waals surface area contributed by atoms with Crippen LogP contribution >= 0.6 is 11.8 Å². The first kappa shape index (κ1) is 9.01. The monoisotopic (exact) mass is 210 g/mol. The molecule has 0 spiro atoms. The lowest BCUT2D eigenvalue weighted by Gasteiger charge is -1.89. The Morgan fingerprint density at radius 3 is 3.00 bits per heavy atom. The standard InChI is InChI=1S/C8H6N2O3S/c1-14-8-9-5-3-2-4-6(10(11)12)7(5)13-8/h2-4H,1H3. The Hall–Kier alpha value is -1.56. The van der Waals surface area contributed by atoms with Gasteiger partial charge in [-0.2, -0.15) is 0 Å². The smallest absolute Gasteiger partial charge is 0.313 e. The number of oxazole rings is 1. The van der Waals surface area contributed by atoms with Gasteiger partial charge in [0.15, 0.2) is 0 Å². The summed E-state index contributed by atoms with van der Waals surface area (Å²) in [6.07, 6.45) is 1.80. The van der Waals surface area contributed by atoms with Gasteiger partial charge in [0.25, 0.3) is 5.22 Å². The SMILES string of the molecule is CSc1nc2cccc([N+](=O)[O-])c2o1. The van der Waals surface area contributed by atoms with Crippen molar-refractivity contribution in [1.82, 2.24) is 4.98 Å². The van der Waals surface area contributed by atoms with Crippen molar-refractivity contribution < 1.29 is 9.34 Å². The molecule has 0 amide bonds. The minimum Gasteiger partial charge on any atom is -0.424 e. The summed E-state index contributed by atoms with van der Waals surface area (Å²) in [5.74, 6) is 0. The van der Waals surface area contributed by atoms with Gasteiger partial charge in [-0.05, 0) is 12.3 Å². The molecule has 2 rings (SSSR count). The zero-order valence-electron chi connectivity index (χ0n) is 7.26. The maximum Gasteiger partial charge on any atom is 0.313 e. The van der Waals surface area contributed by atoms with Gasteiger partial charge in [0.1, 0.15) is 5.52 Å². The van der Waals surface area contributed by atoms with Crippen molar-refractivity contribution in [3.8, 4) is 0 Å². The highest BCUT2D eigenvalue weighted by Crippen LogP contribution is 2.28. The molecule has 0 N–H and O–H groups in total. The highest BCUT2D eigenvalue weighted by atomic mass is 32.2. The van der Waals surface area contributed by atoms with E-state index in [2.05, 4.69) is 4.98 Å². The van der Waals surface area contributed by atoms with E-state index in [1.54, 1.807) is 18.4 Å². The second-order valence-corrected chi connectivity index (χ2v) is 3.32. The van der Waals surface area contributed by atoms with Crippen molar-refractivity contribution in [3.05, 3.63) is 28.3 Å². The Bertz CT molecular complexity index is 494. The Balaban J connectivity index is 2.73. The summed E-state index contributed by atoms with van der Waals surface area (Å²) in [7, 11) is 0. The molecule has 0 aliphatic rings. The summed E-state index contributed by atoms with van der Waals surface area (Å²) in [4.78, 5) is 14.2. The number of rotatable bonds is 2. The number of non-ortho nitro benzene ring substituents is 1. The van der Waals surface area contributed by atoms with Crippen LogP contribution in [0.1, 0.15) is 0 Å². The van der Waals surface area contributed by atoms with Gasteiger partial charge in [-0.15, -0.1) is 0 Å². The van der Waals surface area contributed by atoms with Crippen LogP contribution in [-0.2, 0) is 0 Å². The average Bonchev–Trinajstić information content (AvgIpc) is 2.59. The molecule has 5 nitrogen and oxygen atoms in total. The molecule has 1 aromatic heterocycles. The average molecular weight is 210 g/mol. The zero-order valence-corrected chi connectivity index (χ0v) is 8.08. The Labute approximate surface area is 83.3 Å². The van der Waals surface area contributed by atoms with E-state index in [-0.39, 0.29) is 11.3 Å². The lowest BCUT2D eigenvalue weighted by atomic mass is 10.3. The number of para-hydroxylation sites is 1. The van der Waals surface area contributed by atoms with Crippen LogP contribution in [0.5, 0.6) is 0 Å². The van der Waals surface area contributed by atoms with Crippen molar-refractivity contribution in [1.29, 1.82) is 0 Å². The molecule has 0 atom stereocenters.